The molecular formula is C17H21F2N3O2. The van der Waals surface area contributed by atoms with Crippen LogP contribution in [-0.2, 0) is 6.54 Å². The zero-order valence-corrected chi connectivity index (χ0v) is 14.2. The average Bonchev–Trinajstić information content (AvgIpc) is 2.48. The van der Waals surface area contributed by atoms with Crippen molar-refractivity contribution in [1.29, 1.82) is 0 Å². The molecule has 0 saturated heterocycles. The van der Waals surface area contributed by atoms with Gasteiger partial charge in [0, 0.05) is 25.0 Å². The van der Waals surface area contributed by atoms with Crippen LogP contribution in [0.25, 0.3) is 0 Å². The van der Waals surface area contributed by atoms with Gasteiger partial charge < -0.3 is 14.4 Å². The Bertz CT molecular complexity index is 675. The van der Waals surface area contributed by atoms with Gasteiger partial charge in [-0.3, -0.25) is 0 Å². The molecule has 7 heteroatoms. The van der Waals surface area contributed by atoms with Gasteiger partial charge in [0.15, 0.2) is 11.5 Å². The molecule has 0 atom stereocenters. The number of aryl methyl sites for hydroxylation is 2. The van der Waals surface area contributed by atoms with Crippen LogP contribution in [0, 0.1) is 13.8 Å². The highest BCUT2D eigenvalue weighted by Crippen LogP contribution is 2.30. The summed E-state index contributed by atoms with van der Waals surface area (Å²) in [5, 5.41) is 0. The Hall–Kier alpha value is -2.44. The Morgan fingerprint density at radius 3 is 2.33 bits per heavy atom. The minimum atomic E-state index is -2.89. The number of anilines is 1. The second-order valence-electron chi connectivity index (χ2n) is 5.40. The van der Waals surface area contributed by atoms with E-state index in [1.807, 2.05) is 31.9 Å². The molecule has 130 valence electrons. The van der Waals surface area contributed by atoms with Gasteiger partial charge in [-0.25, -0.2) is 9.97 Å². The first-order valence-corrected chi connectivity index (χ1v) is 7.63. The number of ether oxygens (including phenoxy) is 2. The maximum Gasteiger partial charge on any atom is 0.387 e. The van der Waals surface area contributed by atoms with Crippen molar-refractivity contribution in [2.75, 3.05) is 18.6 Å². The lowest BCUT2D eigenvalue weighted by atomic mass is 10.2. The zero-order valence-electron chi connectivity index (χ0n) is 14.2. The van der Waals surface area contributed by atoms with Crippen LogP contribution in [0.1, 0.15) is 23.9 Å². The molecule has 0 spiro atoms. The van der Waals surface area contributed by atoms with Crippen molar-refractivity contribution in [2.45, 2.75) is 33.9 Å². The smallest absolute Gasteiger partial charge is 0.387 e. The first kappa shape index (κ1) is 17.9. The summed E-state index contributed by atoms with van der Waals surface area (Å²) in [6.45, 7) is 3.60. The fourth-order valence-electron chi connectivity index (χ4n) is 2.34. The molecule has 0 saturated carbocycles. The summed E-state index contributed by atoms with van der Waals surface area (Å²) < 4.78 is 34.8. The number of rotatable bonds is 7. The predicted molar refractivity (Wildman–Crippen MR) is 87.9 cm³/mol. The number of hydrogen-bond acceptors (Lipinski definition) is 5. The van der Waals surface area contributed by atoms with E-state index >= 15 is 0 Å². The summed E-state index contributed by atoms with van der Waals surface area (Å²) in [5.41, 5.74) is 2.66. The lowest BCUT2D eigenvalue weighted by molar-refractivity contribution is -0.0514. The second kappa shape index (κ2) is 7.90. The van der Waals surface area contributed by atoms with Crippen molar-refractivity contribution >= 4 is 5.95 Å². The van der Waals surface area contributed by atoms with Crippen molar-refractivity contribution in [3.63, 3.8) is 0 Å². The molecule has 1 aromatic heterocycles. The number of aromatic nitrogens is 2. The van der Waals surface area contributed by atoms with Crippen LogP contribution < -0.4 is 14.4 Å². The molecule has 0 radical (unpaired) electrons. The average molecular weight is 337 g/mol. The van der Waals surface area contributed by atoms with Crippen molar-refractivity contribution in [1.82, 2.24) is 9.97 Å². The second-order valence-corrected chi connectivity index (χ2v) is 5.40. The number of halogens is 2. The molecule has 0 N–H and O–H groups in total. The molecule has 0 bridgehead atoms. The third-order valence-electron chi connectivity index (χ3n) is 3.26. The minimum Gasteiger partial charge on any atom is -0.490 e. The standard InChI is InChI=1S/C17H21F2N3O2/c1-5-23-15-9-13(6-7-14(15)24-16(18)19)10-22(4)17-20-11(2)8-12(3)21-17/h6-9,16H,5,10H2,1-4H3. The Morgan fingerprint density at radius 1 is 1.08 bits per heavy atom. The van der Waals surface area contributed by atoms with Crippen molar-refractivity contribution < 1.29 is 18.3 Å². The van der Waals surface area contributed by atoms with Gasteiger partial charge in [-0.1, -0.05) is 6.07 Å². The first-order chi connectivity index (χ1) is 11.4. The maximum atomic E-state index is 12.4. The van der Waals surface area contributed by atoms with Gasteiger partial charge >= 0.3 is 6.61 Å². The van der Waals surface area contributed by atoms with E-state index in [9.17, 15) is 8.78 Å². The summed E-state index contributed by atoms with van der Waals surface area (Å²) in [4.78, 5) is 10.7. The highest BCUT2D eigenvalue weighted by molar-refractivity contribution is 5.44. The number of hydrogen-bond donors (Lipinski definition) is 0. The van der Waals surface area contributed by atoms with Crippen LogP contribution in [-0.4, -0.2) is 30.2 Å². The van der Waals surface area contributed by atoms with E-state index < -0.39 is 6.61 Å². The molecule has 2 aromatic rings. The van der Waals surface area contributed by atoms with Gasteiger partial charge in [0.2, 0.25) is 5.95 Å². The third kappa shape index (κ3) is 4.78. The van der Waals surface area contributed by atoms with Gasteiger partial charge in [0.1, 0.15) is 0 Å². The van der Waals surface area contributed by atoms with E-state index in [1.54, 1.807) is 19.1 Å². The summed E-state index contributed by atoms with van der Waals surface area (Å²) in [7, 11) is 1.87. The van der Waals surface area contributed by atoms with Crippen LogP contribution in [0.2, 0.25) is 0 Å². The van der Waals surface area contributed by atoms with Gasteiger partial charge in [0.25, 0.3) is 0 Å². The lowest BCUT2D eigenvalue weighted by Crippen LogP contribution is -2.20. The molecule has 0 unspecified atom stereocenters. The third-order valence-corrected chi connectivity index (χ3v) is 3.26. The molecule has 5 nitrogen and oxygen atoms in total. The molecule has 24 heavy (non-hydrogen) atoms. The van der Waals surface area contributed by atoms with E-state index in [4.69, 9.17) is 4.74 Å². The summed E-state index contributed by atoms with van der Waals surface area (Å²) >= 11 is 0. The van der Waals surface area contributed by atoms with Crippen LogP contribution in [0.15, 0.2) is 24.3 Å². The quantitative estimate of drug-likeness (QED) is 0.770. The fourth-order valence-corrected chi connectivity index (χ4v) is 2.34. The van der Waals surface area contributed by atoms with Gasteiger partial charge in [-0.05, 0) is 44.5 Å². The molecule has 0 fully saturated rings. The maximum absolute atomic E-state index is 12.4. The largest absolute Gasteiger partial charge is 0.490 e. The van der Waals surface area contributed by atoms with E-state index in [1.165, 1.54) is 6.07 Å². The van der Waals surface area contributed by atoms with Crippen LogP contribution in [0.4, 0.5) is 14.7 Å². The van der Waals surface area contributed by atoms with Crippen LogP contribution in [0.5, 0.6) is 11.5 Å². The van der Waals surface area contributed by atoms with Crippen molar-refractivity contribution in [3.8, 4) is 11.5 Å². The number of nitrogens with zero attached hydrogens (tertiary/aromatic N) is 3. The normalized spacial score (nSPS) is 10.8. The summed E-state index contributed by atoms with van der Waals surface area (Å²) in [5.74, 6) is 0.935. The molecule has 2 rings (SSSR count). The molecule has 0 aliphatic rings. The zero-order chi connectivity index (χ0) is 17.7. The van der Waals surface area contributed by atoms with E-state index in [-0.39, 0.29) is 5.75 Å². The Labute approximate surface area is 140 Å². The minimum absolute atomic E-state index is 0.0286. The lowest BCUT2D eigenvalue weighted by Gasteiger charge is -2.19. The van der Waals surface area contributed by atoms with Gasteiger partial charge in [-0.2, -0.15) is 8.78 Å². The molecule has 0 aliphatic heterocycles. The molecule has 0 aliphatic carbocycles. The topological polar surface area (TPSA) is 47.5 Å². The van der Waals surface area contributed by atoms with E-state index in [2.05, 4.69) is 14.7 Å². The Kier molecular flexibility index (Phi) is 5.89. The highest BCUT2D eigenvalue weighted by atomic mass is 19.3. The molecule has 1 aromatic carbocycles. The van der Waals surface area contributed by atoms with E-state index in [0.717, 1.165) is 17.0 Å². The highest BCUT2D eigenvalue weighted by Gasteiger charge is 2.13. The molecular weight excluding hydrogens is 316 g/mol. The van der Waals surface area contributed by atoms with Gasteiger partial charge in [-0.15, -0.1) is 0 Å². The van der Waals surface area contributed by atoms with Gasteiger partial charge in [0.05, 0.1) is 6.61 Å². The van der Waals surface area contributed by atoms with Crippen LogP contribution >= 0.6 is 0 Å². The summed E-state index contributed by atoms with van der Waals surface area (Å²) in [6.07, 6.45) is 0. The van der Waals surface area contributed by atoms with Crippen molar-refractivity contribution in [3.05, 3.63) is 41.2 Å². The summed E-state index contributed by atoms with van der Waals surface area (Å²) in [6, 6.07) is 6.81. The molecule has 0 amide bonds. The SMILES string of the molecule is CCOc1cc(CN(C)c2nc(C)cc(C)n2)ccc1OC(F)F. The van der Waals surface area contributed by atoms with E-state index in [0.29, 0.717) is 24.8 Å². The monoisotopic (exact) mass is 337 g/mol. The number of alkyl halides is 2. The van der Waals surface area contributed by atoms with Crippen molar-refractivity contribution in [2.24, 2.45) is 0 Å². The predicted octanol–water partition coefficient (Wildman–Crippen LogP) is 3.73. The Morgan fingerprint density at radius 2 is 1.75 bits per heavy atom. The van der Waals surface area contributed by atoms with Crippen LogP contribution in [0.3, 0.4) is 0 Å². The first-order valence-electron chi connectivity index (χ1n) is 7.63. The molecule has 1 heterocycles. The fraction of sp³-hybridized carbons (Fsp3) is 0.412. The number of benzene rings is 1. The Balaban J connectivity index is 2.20.